The number of rotatable bonds is 13. The Morgan fingerprint density at radius 3 is 2.20 bits per heavy atom. The van der Waals surface area contributed by atoms with Crippen LogP contribution in [0.25, 0.3) is 0 Å². The molecule has 8 nitrogen and oxygen atoms in total. The van der Waals surface area contributed by atoms with Crippen LogP contribution in [-0.4, -0.2) is 41.7 Å². The molecule has 0 aliphatic rings. The Balaban J connectivity index is 1.54. The van der Waals surface area contributed by atoms with E-state index >= 15 is 4.39 Å². The molecule has 1 unspecified atom stereocenters. The lowest BCUT2D eigenvalue weighted by atomic mass is 10.1. The summed E-state index contributed by atoms with van der Waals surface area (Å²) in [5.74, 6) is -1.03. The van der Waals surface area contributed by atoms with Crippen LogP contribution in [0, 0.1) is 11.6 Å². The first kappa shape index (κ1) is 32.6. The van der Waals surface area contributed by atoms with Gasteiger partial charge in [0.1, 0.15) is 34.4 Å². The smallest absolute Gasteiger partial charge is 0.264 e. The Bertz CT molecular complexity index is 1700. The SMILES string of the molecule is COc1cccc(OC)c1C(=O)NCCCOc1ccccc1C(C)N(c1cc(F)ccc1F)S(=O)(=O)c1ccc(Cl)cc1. The summed E-state index contributed by atoms with van der Waals surface area (Å²) in [4.78, 5) is 12.7. The van der Waals surface area contributed by atoms with Crippen molar-refractivity contribution in [2.24, 2.45) is 0 Å². The predicted octanol–water partition coefficient (Wildman–Crippen LogP) is 6.79. The Morgan fingerprint density at radius 2 is 1.55 bits per heavy atom. The van der Waals surface area contributed by atoms with Gasteiger partial charge in [0.05, 0.1) is 37.5 Å². The van der Waals surface area contributed by atoms with Gasteiger partial charge in [0.2, 0.25) is 0 Å². The molecule has 0 saturated heterocycles. The molecule has 0 aliphatic heterocycles. The third-order valence-electron chi connectivity index (χ3n) is 6.76. The zero-order valence-corrected chi connectivity index (χ0v) is 25.8. The minimum atomic E-state index is -4.41. The van der Waals surface area contributed by atoms with Crippen molar-refractivity contribution in [3.8, 4) is 17.2 Å². The van der Waals surface area contributed by atoms with Gasteiger partial charge in [-0.25, -0.2) is 17.2 Å². The lowest BCUT2D eigenvalue weighted by Gasteiger charge is -2.32. The summed E-state index contributed by atoms with van der Waals surface area (Å²) in [7, 11) is -1.49. The zero-order chi connectivity index (χ0) is 31.9. The Hall–Kier alpha value is -4.35. The fourth-order valence-corrected chi connectivity index (χ4v) is 6.39. The summed E-state index contributed by atoms with van der Waals surface area (Å²) in [6.45, 7) is 1.97. The molecule has 1 atom stereocenters. The quantitative estimate of drug-likeness (QED) is 0.161. The van der Waals surface area contributed by atoms with Crippen molar-refractivity contribution in [1.29, 1.82) is 0 Å². The molecule has 0 aliphatic carbocycles. The highest BCUT2D eigenvalue weighted by molar-refractivity contribution is 7.92. The van der Waals surface area contributed by atoms with E-state index in [0.717, 1.165) is 22.5 Å². The van der Waals surface area contributed by atoms with E-state index in [1.54, 1.807) is 49.4 Å². The minimum Gasteiger partial charge on any atom is -0.496 e. The second-order valence-corrected chi connectivity index (χ2v) is 11.8. The number of nitrogens with zero attached hydrogens (tertiary/aromatic N) is 1. The topological polar surface area (TPSA) is 94.2 Å². The number of sulfonamides is 1. The lowest BCUT2D eigenvalue weighted by Crippen LogP contribution is -2.34. The van der Waals surface area contributed by atoms with Gasteiger partial charge in [-0.2, -0.15) is 0 Å². The van der Waals surface area contributed by atoms with Crippen LogP contribution in [0.2, 0.25) is 5.02 Å². The number of methoxy groups -OCH3 is 2. The molecule has 4 rings (SSSR count). The minimum absolute atomic E-state index is 0.154. The summed E-state index contributed by atoms with van der Waals surface area (Å²) in [6.07, 6.45) is 0.400. The van der Waals surface area contributed by atoms with Crippen LogP contribution in [0.1, 0.15) is 35.3 Å². The van der Waals surface area contributed by atoms with Gasteiger partial charge in [-0.15, -0.1) is 0 Å². The van der Waals surface area contributed by atoms with E-state index in [9.17, 15) is 17.6 Å². The van der Waals surface area contributed by atoms with Crippen molar-refractivity contribution in [2.45, 2.75) is 24.3 Å². The molecular weight excluding hydrogens is 614 g/mol. The maximum atomic E-state index is 15.1. The first-order valence-corrected chi connectivity index (χ1v) is 15.4. The number of ether oxygens (including phenoxy) is 3. The fraction of sp³-hybridized carbons (Fsp3) is 0.219. The van der Waals surface area contributed by atoms with Gasteiger partial charge in [-0.05, 0) is 67.9 Å². The molecule has 0 bridgehead atoms. The maximum Gasteiger partial charge on any atom is 0.264 e. The number of carbonyl (C=O) groups excluding carboxylic acids is 1. The first-order chi connectivity index (χ1) is 21.1. The van der Waals surface area contributed by atoms with Gasteiger partial charge in [0.15, 0.2) is 0 Å². The molecular formula is C32H31ClF2N2O6S. The summed E-state index contributed by atoms with van der Waals surface area (Å²) in [5, 5.41) is 3.13. The molecule has 12 heteroatoms. The molecule has 0 radical (unpaired) electrons. The van der Waals surface area contributed by atoms with Crippen LogP contribution < -0.4 is 23.8 Å². The number of para-hydroxylation sites is 1. The number of hydrogen-bond donors (Lipinski definition) is 1. The molecule has 0 spiro atoms. The molecule has 0 heterocycles. The van der Waals surface area contributed by atoms with Crippen LogP contribution in [0.5, 0.6) is 17.2 Å². The van der Waals surface area contributed by atoms with Crippen LogP contribution in [0.4, 0.5) is 14.5 Å². The molecule has 1 amide bonds. The predicted molar refractivity (Wildman–Crippen MR) is 164 cm³/mol. The van der Waals surface area contributed by atoms with Gasteiger partial charge in [0, 0.05) is 23.2 Å². The third kappa shape index (κ3) is 7.23. The molecule has 232 valence electrons. The normalized spacial score (nSPS) is 11.9. The highest BCUT2D eigenvalue weighted by Crippen LogP contribution is 2.38. The zero-order valence-electron chi connectivity index (χ0n) is 24.2. The summed E-state index contributed by atoms with van der Waals surface area (Å²) < 4.78 is 74.6. The number of benzene rings is 4. The monoisotopic (exact) mass is 644 g/mol. The van der Waals surface area contributed by atoms with Gasteiger partial charge in [-0.3, -0.25) is 9.10 Å². The summed E-state index contributed by atoms with van der Waals surface area (Å²) in [6, 6.07) is 18.7. The largest absolute Gasteiger partial charge is 0.496 e. The van der Waals surface area contributed by atoms with Crippen molar-refractivity contribution in [2.75, 3.05) is 31.7 Å². The number of amides is 1. The van der Waals surface area contributed by atoms with Gasteiger partial charge in [0.25, 0.3) is 15.9 Å². The van der Waals surface area contributed by atoms with E-state index in [0.29, 0.717) is 34.3 Å². The Labute approximate surface area is 260 Å². The molecule has 4 aromatic carbocycles. The van der Waals surface area contributed by atoms with Crippen molar-refractivity contribution < 1.29 is 36.2 Å². The van der Waals surface area contributed by atoms with E-state index < -0.39 is 33.4 Å². The van der Waals surface area contributed by atoms with E-state index in [1.807, 2.05) is 0 Å². The molecule has 0 fully saturated rings. The summed E-state index contributed by atoms with van der Waals surface area (Å²) >= 11 is 5.96. The average Bonchev–Trinajstić information content (AvgIpc) is 3.02. The number of hydrogen-bond acceptors (Lipinski definition) is 6. The van der Waals surface area contributed by atoms with Gasteiger partial charge < -0.3 is 19.5 Å². The maximum absolute atomic E-state index is 15.1. The second kappa shape index (κ2) is 14.4. The molecule has 1 N–H and O–H groups in total. The van der Waals surface area contributed by atoms with E-state index in [2.05, 4.69) is 5.32 Å². The second-order valence-electron chi connectivity index (χ2n) is 9.56. The average molecular weight is 645 g/mol. The highest BCUT2D eigenvalue weighted by Gasteiger charge is 2.34. The first-order valence-electron chi connectivity index (χ1n) is 13.5. The Morgan fingerprint density at radius 1 is 0.909 bits per heavy atom. The molecule has 0 saturated carbocycles. The van der Waals surface area contributed by atoms with Crippen LogP contribution in [0.15, 0.2) is 89.8 Å². The van der Waals surface area contributed by atoms with Crippen molar-refractivity contribution in [3.63, 3.8) is 0 Å². The summed E-state index contributed by atoms with van der Waals surface area (Å²) in [5.41, 5.74) is 0.220. The van der Waals surface area contributed by atoms with Crippen LogP contribution >= 0.6 is 11.6 Å². The third-order valence-corrected chi connectivity index (χ3v) is 8.91. The van der Waals surface area contributed by atoms with Crippen LogP contribution in [0.3, 0.4) is 0 Å². The van der Waals surface area contributed by atoms with E-state index in [4.69, 9.17) is 25.8 Å². The van der Waals surface area contributed by atoms with Gasteiger partial charge in [-0.1, -0.05) is 35.9 Å². The van der Waals surface area contributed by atoms with Crippen LogP contribution in [-0.2, 0) is 10.0 Å². The van der Waals surface area contributed by atoms with Crippen molar-refractivity contribution in [1.82, 2.24) is 5.32 Å². The van der Waals surface area contributed by atoms with Crippen molar-refractivity contribution in [3.05, 3.63) is 113 Å². The van der Waals surface area contributed by atoms with Gasteiger partial charge >= 0.3 is 0 Å². The number of anilines is 1. The number of halogens is 3. The molecule has 4 aromatic rings. The fourth-order valence-electron chi connectivity index (χ4n) is 4.62. The van der Waals surface area contributed by atoms with Crippen molar-refractivity contribution >= 4 is 33.2 Å². The molecule has 44 heavy (non-hydrogen) atoms. The highest BCUT2D eigenvalue weighted by atomic mass is 35.5. The molecule has 0 aromatic heterocycles. The number of carbonyl (C=O) groups is 1. The lowest BCUT2D eigenvalue weighted by molar-refractivity contribution is 0.0945. The van der Waals surface area contributed by atoms with E-state index in [-0.39, 0.29) is 29.5 Å². The van der Waals surface area contributed by atoms with E-state index in [1.165, 1.54) is 38.5 Å². The standard InChI is InChI=1S/C32H31ClF2N2O6S/c1-21(37(27-20-23(34)14-17-26(27)35)44(39,40)24-15-12-22(33)13-16-24)25-8-4-5-9-28(25)43-19-7-18-36-32(38)31-29(41-2)10-6-11-30(31)42-3/h4-6,8-17,20-21H,7,18-19H2,1-3H3,(H,36,38). The Kier molecular flexibility index (Phi) is 10.7. The number of nitrogens with one attached hydrogen (secondary N) is 1.